The highest BCUT2D eigenvalue weighted by atomic mass is 16.5. The third-order valence-corrected chi connectivity index (χ3v) is 1.63. The number of hydrogen-bond acceptors (Lipinski definition) is 5. The van der Waals surface area contributed by atoms with E-state index in [0.29, 0.717) is 16.9 Å². The summed E-state index contributed by atoms with van der Waals surface area (Å²) in [6.07, 6.45) is 1.66. The van der Waals surface area contributed by atoms with Gasteiger partial charge in [0.2, 0.25) is 11.8 Å². The van der Waals surface area contributed by atoms with Crippen LogP contribution in [0, 0.1) is 0 Å². The van der Waals surface area contributed by atoms with E-state index in [9.17, 15) is 0 Å². The van der Waals surface area contributed by atoms with Crippen molar-refractivity contribution in [3.63, 3.8) is 0 Å². The van der Waals surface area contributed by atoms with Crippen molar-refractivity contribution in [2.75, 3.05) is 12.8 Å². The number of pyridine rings is 1. The van der Waals surface area contributed by atoms with Crippen LogP contribution in [0.5, 0.6) is 5.88 Å². The van der Waals surface area contributed by atoms with Gasteiger partial charge in [0.1, 0.15) is 0 Å². The zero-order valence-electron chi connectivity index (χ0n) is 7.06. The molecule has 0 aliphatic rings. The summed E-state index contributed by atoms with van der Waals surface area (Å²) in [5.74, 6) is 0.598. The number of anilines is 1. The summed E-state index contributed by atoms with van der Waals surface area (Å²) in [7, 11) is 1.52. The van der Waals surface area contributed by atoms with Gasteiger partial charge < -0.3 is 10.5 Å². The van der Waals surface area contributed by atoms with Crippen LogP contribution in [0.3, 0.4) is 0 Å². The van der Waals surface area contributed by atoms with Crippen LogP contribution in [0.25, 0.3) is 11.0 Å². The fraction of sp³-hybridized carbons (Fsp3) is 0.125. The third kappa shape index (κ3) is 1.24. The molecule has 0 aliphatic carbocycles. The first kappa shape index (κ1) is 7.72. The second kappa shape index (κ2) is 2.85. The molecule has 0 fully saturated rings. The van der Waals surface area contributed by atoms with Gasteiger partial charge in [0, 0.05) is 6.20 Å². The van der Waals surface area contributed by atoms with Gasteiger partial charge in [-0.2, -0.15) is 4.98 Å². The van der Waals surface area contributed by atoms with Gasteiger partial charge in [-0.05, 0) is 12.1 Å². The topological polar surface area (TPSA) is 73.9 Å². The Kier molecular flexibility index (Phi) is 1.70. The number of hydrogen-bond donors (Lipinski definition) is 1. The van der Waals surface area contributed by atoms with E-state index in [1.54, 1.807) is 12.3 Å². The molecule has 0 bridgehead atoms. The highest BCUT2D eigenvalue weighted by Crippen LogP contribution is 2.19. The molecule has 0 saturated carbocycles. The summed E-state index contributed by atoms with van der Waals surface area (Å²) in [4.78, 5) is 12.0. The number of ether oxygens (including phenoxy) is 1. The third-order valence-electron chi connectivity index (χ3n) is 1.63. The number of fused-ring (bicyclic) bond motifs is 1. The molecule has 66 valence electrons. The van der Waals surface area contributed by atoms with Crippen LogP contribution in [0.2, 0.25) is 0 Å². The normalized spacial score (nSPS) is 10.2. The van der Waals surface area contributed by atoms with Crippen LogP contribution < -0.4 is 10.5 Å². The Morgan fingerprint density at radius 3 is 3.00 bits per heavy atom. The first-order valence-electron chi connectivity index (χ1n) is 3.73. The molecule has 2 aromatic rings. The Morgan fingerprint density at radius 1 is 1.38 bits per heavy atom. The van der Waals surface area contributed by atoms with Gasteiger partial charge in [-0.25, -0.2) is 9.97 Å². The Labute approximate surface area is 74.6 Å². The Balaban J connectivity index is 2.81. The maximum Gasteiger partial charge on any atom is 0.245 e. The minimum Gasteiger partial charge on any atom is -0.479 e. The average Bonchev–Trinajstić information content (AvgIpc) is 2.16. The number of rotatable bonds is 1. The van der Waals surface area contributed by atoms with E-state index in [1.807, 2.05) is 6.07 Å². The lowest BCUT2D eigenvalue weighted by molar-refractivity contribution is 0.402. The molecule has 0 saturated heterocycles. The highest BCUT2D eigenvalue weighted by molar-refractivity contribution is 5.79. The summed E-state index contributed by atoms with van der Waals surface area (Å²) >= 11 is 0. The summed E-state index contributed by atoms with van der Waals surface area (Å²) in [6.45, 7) is 0. The fourth-order valence-corrected chi connectivity index (χ4v) is 1.10. The smallest absolute Gasteiger partial charge is 0.245 e. The SMILES string of the molecule is COc1nc(N)nc2cccnc12. The van der Waals surface area contributed by atoms with Gasteiger partial charge in [0.15, 0.2) is 5.52 Å². The van der Waals surface area contributed by atoms with Crippen molar-refractivity contribution >= 4 is 17.0 Å². The van der Waals surface area contributed by atoms with E-state index < -0.39 is 0 Å². The van der Waals surface area contributed by atoms with Gasteiger partial charge in [-0.15, -0.1) is 0 Å². The molecule has 13 heavy (non-hydrogen) atoms. The summed E-state index contributed by atoms with van der Waals surface area (Å²) in [6, 6.07) is 3.59. The first-order chi connectivity index (χ1) is 6.31. The monoisotopic (exact) mass is 176 g/mol. The number of methoxy groups -OCH3 is 1. The fourth-order valence-electron chi connectivity index (χ4n) is 1.10. The molecule has 2 heterocycles. The molecule has 2 rings (SSSR count). The molecular formula is C8H8N4O. The predicted octanol–water partition coefficient (Wildman–Crippen LogP) is 0.616. The van der Waals surface area contributed by atoms with E-state index in [1.165, 1.54) is 7.11 Å². The molecule has 0 aliphatic heterocycles. The molecule has 0 aromatic carbocycles. The van der Waals surface area contributed by atoms with Crippen molar-refractivity contribution in [1.82, 2.24) is 15.0 Å². The summed E-state index contributed by atoms with van der Waals surface area (Å²) in [5.41, 5.74) is 6.78. The lowest BCUT2D eigenvalue weighted by Crippen LogP contribution is -1.99. The molecule has 0 spiro atoms. The zero-order valence-corrected chi connectivity index (χ0v) is 7.06. The lowest BCUT2D eigenvalue weighted by atomic mass is 10.3. The van der Waals surface area contributed by atoms with Crippen molar-refractivity contribution in [2.24, 2.45) is 0 Å². The van der Waals surface area contributed by atoms with Gasteiger partial charge >= 0.3 is 0 Å². The molecular weight excluding hydrogens is 168 g/mol. The Bertz CT molecular complexity index is 443. The molecule has 2 aromatic heterocycles. The predicted molar refractivity (Wildman–Crippen MR) is 48.3 cm³/mol. The van der Waals surface area contributed by atoms with Gasteiger partial charge in [-0.3, -0.25) is 0 Å². The Hall–Kier alpha value is -1.91. The van der Waals surface area contributed by atoms with Crippen LogP contribution >= 0.6 is 0 Å². The summed E-state index contributed by atoms with van der Waals surface area (Å²) < 4.78 is 5.01. The lowest BCUT2D eigenvalue weighted by Gasteiger charge is -2.02. The maximum atomic E-state index is 5.47. The van der Waals surface area contributed by atoms with Crippen molar-refractivity contribution in [3.05, 3.63) is 18.3 Å². The number of aromatic nitrogens is 3. The average molecular weight is 176 g/mol. The molecule has 0 radical (unpaired) electrons. The van der Waals surface area contributed by atoms with E-state index in [2.05, 4.69) is 15.0 Å². The quantitative estimate of drug-likeness (QED) is 0.689. The van der Waals surface area contributed by atoms with Crippen LogP contribution in [-0.4, -0.2) is 22.1 Å². The van der Waals surface area contributed by atoms with E-state index >= 15 is 0 Å². The molecule has 2 N–H and O–H groups in total. The first-order valence-corrected chi connectivity index (χ1v) is 3.73. The number of nitrogens with zero attached hydrogens (tertiary/aromatic N) is 3. The summed E-state index contributed by atoms with van der Waals surface area (Å²) in [5, 5.41) is 0. The molecule has 5 nitrogen and oxygen atoms in total. The standard InChI is InChI=1S/C8H8N4O/c1-13-7-6-5(3-2-4-10-6)11-8(9)12-7/h2-4H,1H3,(H2,9,11,12). The van der Waals surface area contributed by atoms with Gasteiger partial charge in [0.25, 0.3) is 0 Å². The minimum atomic E-state index is 0.192. The molecule has 5 heteroatoms. The zero-order chi connectivity index (χ0) is 9.26. The van der Waals surface area contributed by atoms with Gasteiger partial charge in [0.05, 0.1) is 12.6 Å². The Morgan fingerprint density at radius 2 is 2.23 bits per heavy atom. The van der Waals surface area contributed by atoms with Crippen LogP contribution in [-0.2, 0) is 0 Å². The number of nitrogens with two attached hydrogens (primary N) is 1. The van der Waals surface area contributed by atoms with E-state index in [4.69, 9.17) is 10.5 Å². The van der Waals surface area contributed by atoms with Crippen molar-refractivity contribution in [1.29, 1.82) is 0 Å². The second-order valence-corrected chi connectivity index (χ2v) is 2.46. The molecule has 0 amide bonds. The van der Waals surface area contributed by atoms with Crippen LogP contribution in [0.15, 0.2) is 18.3 Å². The highest BCUT2D eigenvalue weighted by Gasteiger charge is 2.05. The van der Waals surface area contributed by atoms with E-state index in [0.717, 1.165) is 0 Å². The maximum absolute atomic E-state index is 5.47. The van der Waals surface area contributed by atoms with Crippen molar-refractivity contribution in [2.45, 2.75) is 0 Å². The number of nitrogen functional groups attached to an aromatic ring is 1. The van der Waals surface area contributed by atoms with Crippen LogP contribution in [0.4, 0.5) is 5.95 Å². The van der Waals surface area contributed by atoms with E-state index in [-0.39, 0.29) is 5.95 Å². The molecule has 0 atom stereocenters. The van der Waals surface area contributed by atoms with Crippen molar-refractivity contribution in [3.8, 4) is 5.88 Å². The second-order valence-electron chi connectivity index (χ2n) is 2.46. The minimum absolute atomic E-state index is 0.192. The van der Waals surface area contributed by atoms with Crippen molar-refractivity contribution < 1.29 is 4.74 Å². The van der Waals surface area contributed by atoms with Gasteiger partial charge in [-0.1, -0.05) is 0 Å². The largest absolute Gasteiger partial charge is 0.479 e. The van der Waals surface area contributed by atoms with Crippen LogP contribution in [0.1, 0.15) is 0 Å². The molecule has 0 unspecified atom stereocenters.